The number of nitrogens with zero attached hydrogens (tertiary/aromatic N) is 4. The number of aryl methyl sites for hydroxylation is 1. The molecule has 2 aromatic carbocycles. The fraction of sp³-hybridized carbons (Fsp3) is 0.182. The molecule has 0 fully saturated rings. The van der Waals surface area contributed by atoms with E-state index in [1.165, 1.54) is 30.5 Å². The van der Waals surface area contributed by atoms with Gasteiger partial charge in [0.25, 0.3) is 0 Å². The highest BCUT2D eigenvalue weighted by Gasteiger charge is 2.27. The number of benzene rings is 2. The highest BCUT2D eigenvalue weighted by molar-refractivity contribution is 5.85. The molecule has 164 valence electrons. The number of aromatic nitrogens is 4. The topological polar surface area (TPSA) is 75.6 Å². The second-order valence-electron chi connectivity index (χ2n) is 7.14. The van der Waals surface area contributed by atoms with Crippen LogP contribution in [0.15, 0.2) is 54.7 Å². The Kier molecular flexibility index (Phi) is 5.85. The number of hydrogen-bond donors (Lipinski definition) is 2. The van der Waals surface area contributed by atoms with Crippen LogP contribution in [0.25, 0.3) is 22.4 Å². The molecule has 0 saturated heterocycles. The van der Waals surface area contributed by atoms with Crippen molar-refractivity contribution in [2.45, 2.75) is 19.6 Å². The van der Waals surface area contributed by atoms with Gasteiger partial charge in [0.15, 0.2) is 17.0 Å². The van der Waals surface area contributed by atoms with Gasteiger partial charge in [0.2, 0.25) is 5.95 Å². The van der Waals surface area contributed by atoms with E-state index in [2.05, 4.69) is 30.6 Å². The molecule has 0 radical (unpaired) electrons. The van der Waals surface area contributed by atoms with Crippen molar-refractivity contribution in [2.75, 3.05) is 17.2 Å². The van der Waals surface area contributed by atoms with Crippen molar-refractivity contribution in [3.63, 3.8) is 0 Å². The standard InChI is InChI=1S/C22H18F4N6/c1-13-3-2-4-14(9-13)10-28-21-31-19-18(20(32-21)29-12-22(24,25)26)30-17(11-27-19)15-5-7-16(23)8-6-15/h2-9,11H,10,12H2,1H3,(H2,27,28,29,31,32). The maximum atomic E-state index is 13.2. The predicted molar refractivity (Wildman–Crippen MR) is 114 cm³/mol. The van der Waals surface area contributed by atoms with Gasteiger partial charge in [-0.3, -0.25) is 0 Å². The number of fused-ring (bicyclic) bond motifs is 1. The molecule has 0 aliphatic carbocycles. The normalized spacial score (nSPS) is 11.5. The van der Waals surface area contributed by atoms with Gasteiger partial charge in [-0.25, -0.2) is 14.4 Å². The summed E-state index contributed by atoms with van der Waals surface area (Å²) in [6, 6.07) is 13.3. The Labute approximate surface area is 180 Å². The average molecular weight is 442 g/mol. The number of hydrogen-bond acceptors (Lipinski definition) is 6. The first-order valence-electron chi connectivity index (χ1n) is 9.67. The Morgan fingerprint density at radius 1 is 0.938 bits per heavy atom. The predicted octanol–water partition coefficient (Wildman–Crippen LogP) is 5.12. The van der Waals surface area contributed by atoms with Crippen LogP contribution in [0.3, 0.4) is 0 Å². The van der Waals surface area contributed by atoms with Gasteiger partial charge < -0.3 is 10.6 Å². The third-order valence-corrected chi connectivity index (χ3v) is 4.54. The fourth-order valence-electron chi connectivity index (χ4n) is 3.06. The summed E-state index contributed by atoms with van der Waals surface area (Å²) < 4.78 is 51.7. The first-order chi connectivity index (χ1) is 15.3. The van der Waals surface area contributed by atoms with Crippen molar-refractivity contribution in [2.24, 2.45) is 0 Å². The van der Waals surface area contributed by atoms with Crippen molar-refractivity contribution < 1.29 is 17.6 Å². The maximum absolute atomic E-state index is 13.2. The summed E-state index contributed by atoms with van der Waals surface area (Å²) in [7, 11) is 0. The molecule has 0 unspecified atom stereocenters. The molecule has 2 aromatic heterocycles. The van der Waals surface area contributed by atoms with E-state index in [1.54, 1.807) is 0 Å². The molecule has 0 aliphatic rings. The number of halogens is 4. The van der Waals surface area contributed by atoms with Gasteiger partial charge in [0, 0.05) is 12.1 Å². The SMILES string of the molecule is Cc1cccc(CNc2nc(NCC(F)(F)F)c3nc(-c4ccc(F)cc4)cnc3n2)c1. The van der Waals surface area contributed by atoms with Crippen LogP contribution in [-0.2, 0) is 6.54 Å². The van der Waals surface area contributed by atoms with Gasteiger partial charge >= 0.3 is 6.18 Å². The third-order valence-electron chi connectivity index (χ3n) is 4.54. The van der Waals surface area contributed by atoms with Crippen molar-refractivity contribution in [3.8, 4) is 11.3 Å². The van der Waals surface area contributed by atoms with Crippen LogP contribution in [0, 0.1) is 12.7 Å². The summed E-state index contributed by atoms with van der Waals surface area (Å²) in [4.78, 5) is 17.1. The molecule has 10 heteroatoms. The Balaban J connectivity index is 1.69. The zero-order valence-corrected chi connectivity index (χ0v) is 16.9. The average Bonchev–Trinajstić information content (AvgIpc) is 2.76. The highest BCUT2D eigenvalue weighted by atomic mass is 19.4. The van der Waals surface area contributed by atoms with Gasteiger partial charge in [0.05, 0.1) is 11.9 Å². The molecule has 4 aromatic rings. The van der Waals surface area contributed by atoms with E-state index in [-0.39, 0.29) is 22.9 Å². The van der Waals surface area contributed by atoms with Crippen molar-refractivity contribution >= 4 is 22.9 Å². The number of nitrogens with one attached hydrogen (secondary N) is 2. The van der Waals surface area contributed by atoms with Crippen molar-refractivity contribution in [3.05, 3.63) is 71.7 Å². The second kappa shape index (κ2) is 8.74. The van der Waals surface area contributed by atoms with Gasteiger partial charge in [-0.15, -0.1) is 0 Å². The maximum Gasteiger partial charge on any atom is 0.405 e. The van der Waals surface area contributed by atoms with Crippen molar-refractivity contribution in [1.82, 2.24) is 19.9 Å². The van der Waals surface area contributed by atoms with E-state index in [1.807, 2.05) is 31.2 Å². The second-order valence-corrected chi connectivity index (χ2v) is 7.14. The summed E-state index contributed by atoms with van der Waals surface area (Å²) in [6.45, 7) is 1.05. The molecule has 6 nitrogen and oxygen atoms in total. The molecule has 2 heterocycles. The minimum absolute atomic E-state index is 0.0807. The van der Waals surface area contributed by atoms with E-state index < -0.39 is 18.5 Å². The van der Waals surface area contributed by atoms with Gasteiger partial charge in [0.1, 0.15) is 12.4 Å². The van der Waals surface area contributed by atoms with Crippen LogP contribution in [0.1, 0.15) is 11.1 Å². The molecule has 32 heavy (non-hydrogen) atoms. The summed E-state index contributed by atoms with van der Waals surface area (Å²) in [5, 5.41) is 5.30. The summed E-state index contributed by atoms with van der Waals surface area (Å²) >= 11 is 0. The van der Waals surface area contributed by atoms with E-state index in [0.29, 0.717) is 17.8 Å². The Morgan fingerprint density at radius 2 is 1.72 bits per heavy atom. The highest BCUT2D eigenvalue weighted by Crippen LogP contribution is 2.25. The lowest BCUT2D eigenvalue weighted by molar-refractivity contribution is -0.115. The summed E-state index contributed by atoms with van der Waals surface area (Å²) in [5.41, 5.74) is 3.17. The monoisotopic (exact) mass is 442 g/mol. The zero-order chi connectivity index (χ0) is 22.7. The first kappa shape index (κ1) is 21.4. The zero-order valence-electron chi connectivity index (χ0n) is 16.9. The van der Waals surface area contributed by atoms with Crippen LogP contribution >= 0.6 is 0 Å². The minimum Gasteiger partial charge on any atom is -0.359 e. The lowest BCUT2D eigenvalue weighted by Crippen LogP contribution is -2.22. The van der Waals surface area contributed by atoms with Crippen molar-refractivity contribution in [1.29, 1.82) is 0 Å². The molecule has 0 spiro atoms. The van der Waals surface area contributed by atoms with E-state index in [9.17, 15) is 17.6 Å². The van der Waals surface area contributed by atoms with E-state index in [4.69, 9.17) is 0 Å². The number of anilines is 2. The Morgan fingerprint density at radius 3 is 2.44 bits per heavy atom. The van der Waals surface area contributed by atoms with Gasteiger partial charge in [-0.2, -0.15) is 23.1 Å². The van der Waals surface area contributed by atoms with Crippen LogP contribution in [-0.4, -0.2) is 32.7 Å². The number of rotatable bonds is 6. The minimum atomic E-state index is -4.45. The van der Waals surface area contributed by atoms with Gasteiger partial charge in [-0.05, 0) is 36.8 Å². The molecule has 0 aliphatic heterocycles. The molecular formula is C22H18F4N6. The fourth-order valence-corrected chi connectivity index (χ4v) is 3.06. The molecular weight excluding hydrogens is 424 g/mol. The molecule has 0 atom stereocenters. The van der Waals surface area contributed by atoms with Crippen LogP contribution in [0.4, 0.5) is 29.3 Å². The summed E-state index contributed by atoms with van der Waals surface area (Å²) in [5.74, 6) is -0.397. The largest absolute Gasteiger partial charge is 0.405 e. The van der Waals surface area contributed by atoms with Crippen LogP contribution in [0.2, 0.25) is 0 Å². The van der Waals surface area contributed by atoms with Gasteiger partial charge in [-0.1, -0.05) is 29.8 Å². The quantitative estimate of drug-likeness (QED) is 0.404. The molecule has 2 N–H and O–H groups in total. The molecule has 0 amide bonds. The lowest BCUT2D eigenvalue weighted by Gasteiger charge is -2.13. The molecule has 4 rings (SSSR count). The first-order valence-corrected chi connectivity index (χ1v) is 9.67. The molecule has 0 bridgehead atoms. The Bertz CT molecular complexity index is 1240. The smallest absolute Gasteiger partial charge is 0.359 e. The lowest BCUT2D eigenvalue weighted by atomic mass is 10.1. The Hall–Kier alpha value is -3.82. The van der Waals surface area contributed by atoms with Crippen LogP contribution < -0.4 is 10.6 Å². The molecule has 0 saturated carbocycles. The number of alkyl halides is 3. The van der Waals surface area contributed by atoms with Crippen LogP contribution in [0.5, 0.6) is 0 Å². The summed E-state index contributed by atoms with van der Waals surface area (Å²) in [6.07, 6.45) is -3.02. The third kappa shape index (κ3) is 5.26. The van der Waals surface area contributed by atoms with E-state index in [0.717, 1.165) is 11.1 Å². The van der Waals surface area contributed by atoms with E-state index >= 15 is 0 Å².